The topological polar surface area (TPSA) is 147 Å². The number of rotatable bonds is 11. The van der Waals surface area contributed by atoms with Crippen molar-refractivity contribution >= 4 is 57.4 Å². The molecule has 2 aliphatic heterocycles. The van der Waals surface area contributed by atoms with Gasteiger partial charge in [0.25, 0.3) is 5.91 Å². The lowest BCUT2D eigenvalue weighted by molar-refractivity contribution is 0.0398. The molecule has 2 atom stereocenters. The molecule has 13 nitrogen and oxygen atoms in total. The fraction of sp³-hybridized carbons (Fsp3) is 0.536. The van der Waals surface area contributed by atoms with Crippen molar-refractivity contribution in [3.8, 4) is 11.4 Å². The van der Waals surface area contributed by atoms with Crippen molar-refractivity contribution in [1.82, 2.24) is 30.2 Å². The molecular weight excluding hydrogens is 631 g/mol. The van der Waals surface area contributed by atoms with E-state index < -0.39 is 5.97 Å². The van der Waals surface area contributed by atoms with Gasteiger partial charge in [-0.15, -0.1) is 0 Å². The van der Waals surface area contributed by atoms with Gasteiger partial charge in [-0.2, -0.15) is 0 Å². The zero-order valence-electron chi connectivity index (χ0n) is 24.8. The molecule has 2 fully saturated rings. The van der Waals surface area contributed by atoms with Gasteiger partial charge in [0.05, 0.1) is 54.4 Å². The normalized spacial score (nSPS) is 19.2. The Bertz CT molecular complexity index is 1450. The molecule has 0 spiro atoms. The van der Waals surface area contributed by atoms with Crippen LogP contribution in [0.25, 0.3) is 11.4 Å². The van der Waals surface area contributed by atoms with Gasteiger partial charge in [-0.3, -0.25) is 9.69 Å². The van der Waals surface area contributed by atoms with Crippen LogP contribution >= 0.6 is 34.5 Å². The molecule has 3 N–H and O–H groups in total. The highest BCUT2D eigenvalue weighted by molar-refractivity contribution is 7.17. The number of ether oxygens (including phenoxy) is 3. The molecule has 3 aromatic heterocycles. The Balaban J connectivity index is 1.27. The lowest BCUT2D eigenvalue weighted by atomic mass is 10.0. The Morgan fingerprint density at radius 1 is 1.18 bits per heavy atom. The highest BCUT2D eigenvalue weighted by Gasteiger charge is 2.34. The van der Waals surface area contributed by atoms with Gasteiger partial charge in [-0.05, 0) is 20.3 Å². The van der Waals surface area contributed by atoms with Gasteiger partial charge in [0.15, 0.2) is 5.13 Å². The number of piperidine rings is 1. The molecule has 1 amide bonds. The number of aryl methyl sites for hydroxylation is 1. The highest BCUT2D eigenvalue weighted by atomic mass is 35.5. The van der Waals surface area contributed by atoms with E-state index in [1.165, 1.54) is 11.3 Å². The first-order chi connectivity index (χ1) is 21.3. The molecule has 0 aliphatic carbocycles. The van der Waals surface area contributed by atoms with Crippen molar-refractivity contribution in [3.63, 3.8) is 0 Å². The minimum Gasteiger partial charge on any atom is -0.462 e. The van der Waals surface area contributed by atoms with E-state index >= 15 is 0 Å². The van der Waals surface area contributed by atoms with Crippen LogP contribution in [0.15, 0.2) is 12.4 Å². The van der Waals surface area contributed by atoms with Gasteiger partial charge in [0, 0.05) is 52.1 Å². The van der Waals surface area contributed by atoms with Gasteiger partial charge in [-0.25, -0.2) is 19.7 Å². The third-order valence-electron chi connectivity index (χ3n) is 7.54. The Kier molecular flexibility index (Phi) is 10.9. The van der Waals surface area contributed by atoms with E-state index in [-0.39, 0.29) is 35.4 Å². The van der Waals surface area contributed by atoms with Crippen LogP contribution < -0.4 is 15.5 Å². The maximum Gasteiger partial charge on any atom is 0.350 e. The molecule has 0 radical (unpaired) electrons. The minimum absolute atomic E-state index is 0.190. The number of H-pyrrole nitrogens is 1. The number of hydrogen-bond acceptors (Lipinski definition) is 12. The third kappa shape index (κ3) is 7.44. The largest absolute Gasteiger partial charge is 0.462 e. The number of esters is 1. The Labute approximate surface area is 269 Å². The number of thiazole rings is 1. The molecule has 0 bridgehead atoms. The number of aromatic nitrogens is 4. The van der Waals surface area contributed by atoms with Crippen LogP contribution in [0.2, 0.25) is 10.0 Å². The Morgan fingerprint density at radius 2 is 1.98 bits per heavy atom. The van der Waals surface area contributed by atoms with Crippen molar-refractivity contribution in [3.05, 3.63) is 38.7 Å². The first-order valence-electron chi connectivity index (χ1n) is 14.5. The van der Waals surface area contributed by atoms with Crippen LogP contribution in [0.1, 0.15) is 39.2 Å². The number of nitrogens with zero attached hydrogens (tertiary/aromatic N) is 5. The minimum atomic E-state index is -0.469. The summed E-state index contributed by atoms with van der Waals surface area (Å²) >= 11 is 13.6. The molecule has 0 unspecified atom stereocenters. The molecular formula is C28H36Cl2N8O5S. The molecule has 0 saturated carbocycles. The summed E-state index contributed by atoms with van der Waals surface area (Å²) in [5.74, 6) is -0.188. The lowest BCUT2D eigenvalue weighted by Gasteiger charge is -2.37. The van der Waals surface area contributed by atoms with Gasteiger partial charge < -0.3 is 34.7 Å². The number of carbonyl (C=O) groups is 2. The van der Waals surface area contributed by atoms with E-state index in [9.17, 15) is 9.59 Å². The first kappa shape index (κ1) is 32.4. The number of carbonyl (C=O) groups excluding carboxylic acids is 2. The van der Waals surface area contributed by atoms with E-state index in [1.54, 1.807) is 33.4 Å². The fourth-order valence-electron chi connectivity index (χ4n) is 5.12. The van der Waals surface area contributed by atoms with Crippen molar-refractivity contribution in [2.75, 3.05) is 76.4 Å². The number of halogens is 2. The van der Waals surface area contributed by atoms with Crippen molar-refractivity contribution in [1.29, 1.82) is 0 Å². The zero-order valence-corrected chi connectivity index (χ0v) is 27.2. The average molecular weight is 668 g/mol. The molecule has 3 aromatic rings. The summed E-state index contributed by atoms with van der Waals surface area (Å²) in [6.45, 7) is 9.70. The van der Waals surface area contributed by atoms with Crippen molar-refractivity contribution < 1.29 is 23.8 Å². The maximum atomic E-state index is 13.0. The molecule has 2 saturated heterocycles. The van der Waals surface area contributed by atoms with Gasteiger partial charge >= 0.3 is 5.97 Å². The number of methoxy groups -OCH3 is 1. The summed E-state index contributed by atoms with van der Waals surface area (Å²) < 4.78 is 16.5. The molecule has 16 heteroatoms. The van der Waals surface area contributed by atoms with E-state index in [1.807, 2.05) is 4.90 Å². The Morgan fingerprint density at radius 3 is 2.64 bits per heavy atom. The second-order valence-electron chi connectivity index (χ2n) is 10.4. The molecule has 5 rings (SSSR count). The average Bonchev–Trinajstić information content (AvgIpc) is 3.60. The van der Waals surface area contributed by atoms with Gasteiger partial charge in [0.1, 0.15) is 27.8 Å². The van der Waals surface area contributed by atoms with E-state index in [4.69, 9.17) is 42.4 Å². The predicted octanol–water partition coefficient (Wildman–Crippen LogP) is 3.49. The van der Waals surface area contributed by atoms with Gasteiger partial charge in [-0.1, -0.05) is 34.5 Å². The van der Waals surface area contributed by atoms with E-state index in [0.717, 1.165) is 39.4 Å². The Hall–Kier alpha value is -3.01. The molecule has 2 aliphatic rings. The molecule has 44 heavy (non-hydrogen) atoms. The maximum absolute atomic E-state index is 13.0. The number of anilines is 2. The predicted molar refractivity (Wildman–Crippen MR) is 169 cm³/mol. The molecule has 0 aromatic carbocycles. The number of aromatic amines is 1. The summed E-state index contributed by atoms with van der Waals surface area (Å²) in [4.78, 5) is 47.4. The SMILES string of the molecule is CCOC(=O)c1sc(N2CC[C@@H](NC(=O)c3[nH]c(C)c(Cl)c3Cl)[C@@H](OC)C2)nc1-c1cnc(NCCN2CCOCC2)cn1. The standard InChI is InChI=1S/C28H36Cl2N8O5S/c1-4-43-27(40)25-23(18-13-33-20(14-32-18)31-6-8-37-9-11-42-12-10-37)36-28(44-25)38-7-5-17(19(15-38)41-3)35-26(39)24-22(30)21(29)16(2)34-24/h13-14,17,19,34H,4-12,15H2,1-3H3,(H,31,33)(H,35,39)/t17-,19+/m1/s1. The second kappa shape index (κ2) is 14.8. The van der Waals surface area contributed by atoms with Crippen LogP contribution in [0.5, 0.6) is 0 Å². The third-order valence-corrected chi connectivity index (χ3v) is 9.58. The summed E-state index contributed by atoms with van der Waals surface area (Å²) in [6.07, 6.45) is 3.48. The first-order valence-corrected chi connectivity index (χ1v) is 16.0. The van der Waals surface area contributed by atoms with Crippen LogP contribution in [-0.4, -0.2) is 115 Å². The second-order valence-corrected chi connectivity index (χ2v) is 12.1. The van der Waals surface area contributed by atoms with E-state index in [2.05, 4.69) is 30.5 Å². The molecule has 5 heterocycles. The highest BCUT2D eigenvalue weighted by Crippen LogP contribution is 2.35. The smallest absolute Gasteiger partial charge is 0.350 e. The van der Waals surface area contributed by atoms with Gasteiger partial charge in [0.2, 0.25) is 0 Å². The van der Waals surface area contributed by atoms with Crippen LogP contribution in [0, 0.1) is 6.92 Å². The fourth-order valence-corrected chi connectivity index (χ4v) is 6.54. The monoisotopic (exact) mass is 666 g/mol. The quantitative estimate of drug-likeness (QED) is 0.258. The lowest BCUT2D eigenvalue weighted by Crippen LogP contribution is -2.55. The molecule has 238 valence electrons. The number of nitrogens with one attached hydrogen (secondary N) is 3. The van der Waals surface area contributed by atoms with Crippen molar-refractivity contribution in [2.24, 2.45) is 0 Å². The van der Waals surface area contributed by atoms with Crippen LogP contribution in [0.3, 0.4) is 0 Å². The summed E-state index contributed by atoms with van der Waals surface area (Å²) in [7, 11) is 1.60. The van der Waals surface area contributed by atoms with Crippen LogP contribution in [-0.2, 0) is 14.2 Å². The summed E-state index contributed by atoms with van der Waals surface area (Å²) in [5.41, 5.74) is 1.72. The van der Waals surface area contributed by atoms with Crippen LogP contribution in [0.4, 0.5) is 10.9 Å². The number of amides is 1. The summed E-state index contributed by atoms with van der Waals surface area (Å²) in [6, 6.07) is -0.277. The number of hydrogen-bond donors (Lipinski definition) is 3. The summed E-state index contributed by atoms with van der Waals surface area (Å²) in [5, 5.41) is 7.45. The zero-order chi connectivity index (χ0) is 31.2. The van der Waals surface area contributed by atoms with Crippen molar-refractivity contribution in [2.45, 2.75) is 32.4 Å². The number of morpholine rings is 1. The van der Waals surface area contributed by atoms with E-state index in [0.29, 0.717) is 57.4 Å².